The number of likely N-dealkylation sites (N-methyl/N-ethyl adjacent to an activating group) is 2. The molecule has 2 aliphatic rings. The average Bonchev–Trinajstić information content (AvgIpc) is 3.13. The van der Waals surface area contributed by atoms with Crippen molar-refractivity contribution in [2.75, 3.05) is 26.2 Å². The summed E-state index contributed by atoms with van der Waals surface area (Å²) < 4.78 is 0. The van der Waals surface area contributed by atoms with Crippen molar-refractivity contribution in [3.63, 3.8) is 0 Å². The van der Waals surface area contributed by atoms with Crippen molar-refractivity contribution in [3.05, 3.63) is 0 Å². The van der Waals surface area contributed by atoms with Crippen molar-refractivity contribution in [2.45, 2.75) is 58.0 Å². The third kappa shape index (κ3) is 3.48. The van der Waals surface area contributed by atoms with E-state index in [0.717, 1.165) is 19.6 Å². The van der Waals surface area contributed by atoms with Crippen LogP contribution in [0.2, 0.25) is 0 Å². The first-order valence-corrected chi connectivity index (χ1v) is 7.94. The van der Waals surface area contributed by atoms with Crippen LogP contribution >= 0.6 is 0 Å². The second-order valence-corrected chi connectivity index (χ2v) is 5.97. The fourth-order valence-electron chi connectivity index (χ4n) is 3.53. The van der Waals surface area contributed by atoms with Crippen LogP contribution in [0.15, 0.2) is 0 Å². The number of carbonyl (C=O) groups is 1. The molecule has 2 N–H and O–H groups in total. The zero-order valence-electron chi connectivity index (χ0n) is 12.5. The van der Waals surface area contributed by atoms with E-state index in [1.165, 1.54) is 32.1 Å². The highest BCUT2D eigenvalue weighted by Gasteiger charge is 2.35. The first-order valence-electron chi connectivity index (χ1n) is 7.94. The molecule has 0 aliphatic heterocycles. The van der Waals surface area contributed by atoms with Crippen molar-refractivity contribution < 1.29 is 4.79 Å². The molecule has 2 saturated carbocycles. The van der Waals surface area contributed by atoms with Crippen LogP contribution in [0.4, 0.5) is 0 Å². The Bertz CT molecular complexity index is 304. The van der Waals surface area contributed by atoms with Gasteiger partial charge in [-0.1, -0.05) is 13.3 Å². The molecule has 2 rings (SSSR count). The maximum Gasteiger partial charge on any atom is 0.236 e. The lowest BCUT2D eigenvalue weighted by molar-refractivity contribution is -0.133. The highest BCUT2D eigenvalue weighted by Crippen LogP contribution is 2.30. The molecular formula is C15H29N3O. The van der Waals surface area contributed by atoms with Crippen LogP contribution in [0.5, 0.6) is 0 Å². The van der Waals surface area contributed by atoms with E-state index >= 15 is 0 Å². The first kappa shape index (κ1) is 14.8. The van der Waals surface area contributed by atoms with E-state index in [2.05, 4.69) is 23.6 Å². The van der Waals surface area contributed by atoms with Gasteiger partial charge in [-0.05, 0) is 51.6 Å². The molecule has 0 spiro atoms. The fourth-order valence-corrected chi connectivity index (χ4v) is 3.53. The SMILES string of the molecule is CCN(CC(=O)N(CC)C1CC1)C1CCCC1CN. The molecule has 2 aliphatic carbocycles. The molecule has 0 aromatic carbocycles. The van der Waals surface area contributed by atoms with Gasteiger partial charge in [-0.3, -0.25) is 9.69 Å². The van der Waals surface area contributed by atoms with Gasteiger partial charge in [0.05, 0.1) is 6.54 Å². The van der Waals surface area contributed by atoms with Gasteiger partial charge >= 0.3 is 0 Å². The first-order chi connectivity index (χ1) is 9.21. The normalized spacial score (nSPS) is 26.9. The molecule has 0 aromatic rings. The topological polar surface area (TPSA) is 49.6 Å². The van der Waals surface area contributed by atoms with E-state index < -0.39 is 0 Å². The molecule has 4 nitrogen and oxygen atoms in total. The van der Waals surface area contributed by atoms with Crippen LogP contribution in [-0.2, 0) is 4.79 Å². The number of nitrogens with zero attached hydrogens (tertiary/aromatic N) is 2. The lowest BCUT2D eigenvalue weighted by Crippen LogP contribution is -2.47. The Balaban J connectivity index is 1.92. The molecule has 0 heterocycles. The molecule has 2 atom stereocenters. The van der Waals surface area contributed by atoms with Crippen molar-refractivity contribution in [2.24, 2.45) is 11.7 Å². The summed E-state index contributed by atoms with van der Waals surface area (Å²) in [6, 6.07) is 1.06. The Morgan fingerprint density at radius 2 is 1.89 bits per heavy atom. The highest BCUT2D eigenvalue weighted by molar-refractivity contribution is 5.79. The summed E-state index contributed by atoms with van der Waals surface area (Å²) in [6.45, 7) is 7.40. The van der Waals surface area contributed by atoms with Gasteiger partial charge in [-0.25, -0.2) is 0 Å². The van der Waals surface area contributed by atoms with E-state index in [1.807, 2.05) is 0 Å². The molecule has 0 bridgehead atoms. The van der Waals surface area contributed by atoms with Gasteiger partial charge in [0.2, 0.25) is 5.91 Å². The molecule has 110 valence electrons. The molecule has 0 radical (unpaired) electrons. The molecule has 2 unspecified atom stereocenters. The summed E-state index contributed by atoms with van der Waals surface area (Å²) in [7, 11) is 0. The summed E-state index contributed by atoms with van der Waals surface area (Å²) in [5.41, 5.74) is 5.87. The third-order valence-corrected chi connectivity index (χ3v) is 4.78. The maximum atomic E-state index is 12.4. The Hall–Kier alpha value is -0.610. The molecule has 1 amide bonds. The maximum absolute atomic E-state index is 12.4. The second-order valence-electron chi connectivity index (χ2n) is 5.97. The van der Waals surface area contributed by atoms with E-state index in [-0.39, 0.29) is 0 Å². The van der Waals surface area contributed by atoms with E-state index in [0.29, 0.717) is 30.5 Å². The van der Waals surface area contributed by atoms with Gasteiger partial charge < -0.3 is 10.6 Å². The lowest BCUT2D eigenvalue weighted by Gasteiger charge is -2.33. The van der Waals surface area contributed by atoms with Crippen LogP contribution in [0, 0.1) is 5.92 Å². The van der Waals surface area contributed by atoms with E-state index in [4.69, 9.17) is 5.73 Å². The minimum Gasteiger partial charge on any atom is -0.339 e. The summed E-state index contributed by atoms with van der Waals surface area (Å²) >= 11 is 0. The predicted molar refractivity (Wildman–Crippen MR) is 77.8 cm³/mol. The summed E-state index contributed by atoms with van der Waals surface area (Å²) in [5, 5.41) is 0. The lowest BCUT2D eigenvalue weighted by atomic mass is 10.0. The molecule has 19 heavy (non-hydrogen) atoms. The number of hydrogen-bond acceptors (Lipinski definition) is 3. The van der Waals surface area contributed by atoms with Crippen LogP contribution < -0.4 is 5.73 Å². The fraction of sp³-hybridized carbons (Fsp3) is 0.933. The van der Waals surface area contributed by atoms with Gasteiger partial charge in [0.1, 0.15) is 0 Å². The van der Waals surface area contributed by atoms with Gasteiger partial charge in [-0.15, -0.1) is 0 Å². The Kier molecular flexibility index (Phi) is 5.22. The largest absolute Gasteiger partial charge is 0.339 e. The van der Waals surface area contributed by atoms with Crippen molar-refractivity contribution in [1.82, 2.24) is 9.80 Å². The van der Waals surface area contributed by atoms with Crippen LogP contribution in [0.3, 0.4) is 0 Å². The number of amides is 1. The average molecular weight is 267 g/mol. The standard InChI is InChI=1S/C15H29N3O/c1-3-17(14-7-5-6-12(14)10-16)11-15(19)18(4-2)13-8-9-13/h12-14H,3-11,16H2,1-2H3. The Morgan fingerprint density at radius 1 is 1.16 bits per heavy atom. The number of rotatable bonds is 7. The molecule has 0 saturated heterocycles. The van der Waals surface area contributed by atoms with E-state index in [1.54, 1.807) is 0 Å². The minimum atomic E-state index is 0.314. The van der Waals surface area contributed by atoms with E-state index in [9.17, 15) is 4.79 Å². The molecule has 4 heteroatoms. The zero-order valence-corrected chi connectivity index (χ0v) is 12.5. The highest BCUT2D eigenvalue weighted by atomic mass is 16.2. The molecule has 0 aromatic heterocycles. The predicted octanol–water partition coefficient (Wildman–Crippen LogP) is 1.45. The summed E-state index contributed by atoms with van der Waals surface area (Å²) in [5.74, 6) is 0.901. The third-order valence-electron chi connectivity index (χ3n) is 4.78. The van der Waals surface area contributed by atoms with Gasteiger partial charge in [0.25, 0.3) is 0 Å². The molecular weight excluding hydrogens is 238 g/mol. The smallest absolute Gasteiger partial charge is 0.236 e. The minimum absolute atomic E-state index is 0.314. The van der Waals surface area contributed by atoms with Crippen LogP contribution in [0.1, 0.15) is 46.0 Å². The summed E-state index contributed by atoms with van der Waals surface area (Å²) in [6.07, 6.45) is 6.09. The summed E-state index contributed by atoms with van der Waals surface area (Å²) in [4.78, 5) is 16.9. The van der Waals surface area contributed by atoms with Crippen LogP contribution in [-0.4, -0.2) is 54.0 Å². The number of hydrogen-bond donors (Lipinski definition) is 1. The van der Waals surface area contributed by atoms with Crippen LogP contribution in [0.25, 0.3) is 0 Å². The van der Waals surface area contributed by atoms with Crippen molar-refractivity contribution in [1.29, 1.82) is 0 Å². The number of nitrogens with two attached hydrogens (primary N) is 1. The molecule has 2 fully saturated rings. The Labute approximate surface area is 117 Å². The van der Waals surface area contributed by atoms with Crippen molar-refractivity contribution in [3.8, 4) is 0 Å². The second kappa shape index (κ2) is 6.71. The van der Waals surface area contributed by atoms with Gasteiger partial charge in [-0.2, -0.15) is 0 Å². The van der Waals surface area contributed by atoms with Gasteiger partial charge in [0, 0.05) is 18.6 Å². The number of carbonyl (C=O) groups excluding carboxylic acids is 1. The zero-order chi connectivity index (χ0) is 13.8. The Morgan fingerprint density at radius 3 is 2.42 bits per heavy atom. The quantitative estimate of drug-likeness (QED) is 0.759. The van der Waals surface area contributed by atoms with Crippen molar-refractivity contribution >= 4 is 5.91 Å². The monoisotopic (exact) mass is 267 g/mol. The van der Waals surface area contributed by atoms with Gasteiger partial charge in [0.15, 0.2) is 0 Å².